The minimum absolute atomic E-state index is 0.00464. The molecule has 1 unspecified atom stereocenters. The average molecular weight is 255 g/mol. The van der Waals surface area contributed by atoms with Crippen molar-refractivity contribution in [1.29, 1.82) is 0 Å². The highest BCUT2D eigenvalue weighted by atomic mass is 16.1. The van der Waals surface area contributed by atoms with Crippen LogP contribution in [0, 0.1) is 6.92 Å². The van der Waals surface area contributed by atoms with Gasteiger partial charge in [-0.3, -0.25) is 4.79 Å². The van der Waals surface area contributed by atoms with Crippen LogP contribution in [0.4, 0.5) is 0 Å². The van der Waals surface area contributed by atoms with Crippen LogP contribution in [-0.2, 0) is 13.0 Å². The fourth-order valence-electron chi connectivity index (χ4n) is 2.45. The zero-order chi connectivity index (χ0) is 13.2. The first-order valence-electron chi connectivity index (χ1n) is 6.60. The molecular weight excluding hydrogens is 238 g/mol. The molecule has 0 spiro atoms. The lowest BCUT2D eigenvalue weighted by molar-refractivity contribution is 0.0930. The summed E-state index contributed by atoms with van der Waals surface area (Å²) in [4.78, 5) is 16.4. The van der Waals surface area contributed by atoms with Gasteiger partial charge in [-0.1, -0.05) is 17.7 Å². The molecule has 1 aromatic heterocycles. The SMILES string of the molecule is Cc1ccc(C(=O)NC2CCn3ccnc3C2)cc1. The second-order valence-electron chi connectivity index (χ2n) is 5.07. The molecule has 1 atom stereocenters. The molecule has 4 nitrogen and oxygen atoms in total. The Morgan fingerprint density at radius 3 is 2.95 bits per heavy atom. The molecule has 1 aromatic carbocycles. The smallest absolute Gasteiger partial charge is 0.251 e. The molecule has 0 saturated carbocycles. The van der Waals surface area contributed by atoms with Crippen molar-refractivity contribution in [1.82, 2.24) is 14.9 Å². The molecule has 1 amide bonds. The number of hydrogen-bond acceptors (Lipinski definition) is 2. The highest BCUT2D eigenvalue weighted by Crippen LogP contribution is 2.14. The first kappa shape index (κ1) is 12.0. The first-order valence-corrected chi connectivity index (χ1v) is 6.60. The quantitative estimate of drug-likeness (QED) is 0.891. The van der Waals surface area contributed by atoms with E-state index in [1.807, 2.05) is 43.6 Å². The second-order valence-corrected chi connectivity index (χ2v) is 5.07. The number of rotatable bonds is 2. The third-order valence-corrected chi connectivity index (χ3v) is 3.60. The third-order valence-electron chi connectivity index (χ3n) is 3.60. The van der Waals surface area contributed by atoms with Crippen molar-refractivity contribution in [3.63, 3.8) is 0 Å². The van der Waals surface area contributed by atoms with Crippen LogP contribution in [0.15, 0.2) is 36.7 Å². The van der Waals surface area contributed by atoms with Crippen molar-refractivity contribution in [3.05, 3.63) is 53.6 Å². The normalized spacial score (nSPS) is 17.8. The molecule has 0 aliphatic carbocycles. The van der Waals surface area contributed by atoms with E-state index < -0.39 is 0 Å². The molecule has 0 bridgehead atoms. The van der Waals surface area contributed by atoms with Crippen molar-refractivity contribution in [3.8, 4) is 0 Å². The van der Waals surface area contributed by atoms with Gasteiger partial charge in [0.15, 0.2) is 0 Å². The van der Waals surface area contributed by atoms with Crippen LogP contribution >= 0.6 is 0 Å². The number of carbonyl (C=O) groups excluding carboxylic acids is 1. The van der Waals surface area contributed by atoms with Crippen molar-refractivity contribution in [2.24, 2.45) is 0 Å². The van der Waals surface area contributed by atoms with E-state index in [1.54, 1.807) is 0 Å². The molecule has 1 N–H and O–H groups in total. The van der Waals surface area contributed by atoms with Gasteiger partial charge >= 0.3 is 0 Å². The number of imidazole rings is 1. The Bertz CT molecular complexity index is 586. The van der Waals surface area contributed by atoms with Crippen LogP contribution in [0.2, 0.25) is 0 Å². The summed E-state index contributed by atoms with van der Waals surface area (Å²) >= 11 is 0. The lowest BCUT2D eigenvalue weighted by Gasteiger charge is -2.24. The van der Waals surface area contributed by atoms with Gasteiger partial charge in [-0.15, -0.1) is 0 Å². The van der Waals surface area contributed by atoms with Gasteiger partial charge in [0, 0.05) is 37.0 Å². The van der Waals surface area contributed by atoms with Crippen LogP contribution in [0.1, 0.15) is 28.2 Å². The molecular formula is C15H17N3O. The Morgan fingerprint density at radius 2 is 2.16 bits per heavy atom. The average Bonchev–Trinajstić information content (AvgIpc) is 2.87. The molecule has 4 heteroatoms. The van der Waals surface area contributed by atoms with Gasteiger partial charge in [0.05, 0.1) is 0 Å². The molecule has 2 aromatic rings. The van der Waals surface area contributed by atoms with Gasteiger partial charge in [0.1, 0.15) is 5.82 Å². The summed E-state index contributed by atoms with van der Waals surface area (Å²) in [5, 5.41) is 3.09. The zero-order valence-electron chi connectivity index (χ0n) is 11.0. The van der Waals surface area contributed by atoms with E-state index in [1.165, 1.54) is 0 Å². The van der Waals surface area contributed by atoms with Crippen LogP contribution in [0.25, 0.3) is 0 Å². The summed E-state index contributed by atoms with van der Waals surface area (Å²) in [6, 6.07) is 7.84. The van der Waals surface area contributed by atoms with Gasteiger partial charge < -0.3 is 9.88 Å². The third kappa shape index (κ3) is 2.52. The molecule has 19 heavy (non-hydrogen) atoms. The minimum Gasteiger partial charge on any atom is -0.349 e. The molecule has 0 radical (unpaired) electrons. The number of amides is 1. The second kappa shape index (κ2) is 4.88. The predicted molar refractivity (Wildman–Crippen MR) is 73.0 cm³/mol. The number of fused-ring (bicyclic) bond motifs is 1. The number of nitrogens with zero attached hydrogens (tertiary/aromatic N) is 2. The molecule has 0 saturated heterocycles. The van der Waals surface area contributed by atoms with Crippen molar-refractivity contribution in [2.75, 3.05) is 0 Å². The zero-order valence-corrected chi connectivity index (χ0v) is 11.0. The van der Waals surface area contributed by atoms with Crippen LogP contribution in [0.5, 0.6) is 0 Å². The number of aromatic nitrogens is 2. The lowest BCUT2D eigenvalue weighted by atomic mass is 10.1. The molecule has 1 aliphatic heterocycles. The standard InChI is InChI=1S/C15H17N3O/c1-11-2-4-12(5-3-11)15(19)17-13-6-8-18-9-7-16-14(18)10-13/h2-5,7,9,13H,6,8,10H2,1H3,(H,17,19). The largest absolute Gasteiger partial charge is 0.349 e. The van der Waals surface area contributed by atoms with E-state index in [4.69, 9.17) is 0 Å². The molecule has 0 fully saturated rings. The van der Waals surface area contributed by atoms with E-state index in [-0.39, 0.29) is 11.9 Å². The summed E-state index contributed by atoms with van der Waals surface area (Å²) in [5.74, 6) is 1.06. The van der Waals surface area contributed by atoms with Crippen molar-refractivity contribution < 1.29 is 4.79 Å². The van der Waals surface area contributed by atoms with E-state index in [2.05, 4.69) is 14.9 Å². The number of carbonyl (C=O) groups is 1. The maximum Gasteiger partial charge on any atom is 0.251 e. The minimum atomic E-state index is 0.00464. The highest BCUT2D eigenvalue weighted by Gasteiger charge is 2.20. The van der Waals surface area contributed by atoms with Crippen LogP contribution < -0.4 is 5.32 Å². The van der Waals surface area contributed by atoms with Crippen molar-refractivity contribution in [2.45, 2.75) is 32.4 Å². The Kier molecular flexibility index (Phi) is 3.07. The van der Waals surface area contributed by atoms with E-state index in [9.17, 15) is 4.79 Å². The number of aryl methyl sites for hydroxylation is 2. The monoisotopic (exact) mass is 255 g/mol. The van der Waals surface area contributed by atoms with Crippen molar-refractivity contribution >= 4 is 5.91 Å². The fourth-order valence-corrected chi connectivity index (χ4v) is 2.45. The predicted octanol–water partition coefficient (Wildman–Crippen LogP) is 1.94. The van der Waals surface area contributed by atoms with Gasteiger partial charge in [0.2, 0.25) is 0 Å². The number of hydrogen-bond donors (Lipinski definition) is 1. The fraction of sp³-hybridized carbons (Fsp3) is 0.333. The summed E-state index contributed by atoms with van der Waals surface area (Å²) in [5.41, 5.74) is 1.88. The topological polar surface area (TPSA) is 46.9 Å². The van der Waals surface area contributed by atoms with Crippen LogP contribution in [0.3, 0.4) is 0 Å². The van der Waals surface area contributed by atoms with Gasteiger partial charge in [-0.25, -0.2) is 4.98 Å². The van der Waals surface area contributed by atoms with E-state index in [0.29, 0.717) is 0 Å². The van der Waals surface area contributed by atoms with E-state index >= 15 is 0 Å². The summed E-state index contributed by atoms with van der Waals surface area (Å²) < 4.78 is 2.15. The highest BCUT2D eigenvalue weighted by molar-refractivity contribution is 5.94. The summed E-state index contributed by atoms with van der Waals surface area (Å²) in [6.45, 7) is 2.94. The Balaban J connectivity index is 1.66. The first-order chi connectivity index (χ1) is 9.22. The van der Waals surface area contributed by atoms with Crippen LogP contribution in [-0.4, -0.2) is 21.5 Å². The molecule has 3 rings (SSSR count). The Morgan fingerprint density at radius 1 is 1.37 bits per heavy atom. The molecule has 2 heterocycles. The summed E-state index contributed by atoms with van der Waals surface area (Å²) in [6.07, 6.45) is 5.58. The van der Waals surface area contributed by atoms with Gasteiger partial charge in [0.25, 0.3) is 5.91 Å². The Hall–Kier alpha value is -2.10. The molecule has 98 valence electrons. The maximum absolute atomic E-state index is 12.1. The van der Waals surface area contributed by atoms with E-state index in [0.717, 1.165) is 36.3 Å². The number of nitrogens with one attached hydrogen (secondary N) is 1. The lowest BCUT2D eigenvalue weighted by Crippen LogP contribution is -2.40. The number of benzene rings is 1. The van der Waals surface area contributed by atoms with Gasteiger partial charge in [-0.2, -0.15) is 0 Å². The van der Waals surface area contributed by atoms with Gasteiger partial charge in [-0.05, 0) is 25.5 Å². The summed E-state index contributed by atoms with van der Waals surface area (Å²) in [7, 11) is 0. The maximum atomic E-state index is 12.1. The Labute approximate surface area is 112 Å². The molecule has 1 aliphatic rings.